The van der Waals surface area contributed by atoms with Gasteiger partial charge in [-0.05, 0) is 39.3 Å². The molecule has 1 aliphatic rings. The highest BCUT2D eigenvalue weighted by molar-refractivity contribution is 5.81. The minimum atomic E-state index is -0.426. The third kappa shape index (κ3) is 4.21. The first kappa shape index (κ1) is 15.8. The molecular weight excluding hydrogens is 266 g/mol. The molecule has 21 heavy (non-hydrogen) atoms. The first-order valence-corrected chi connectivity index (χ1v) is 7.67. The van der Waals surface area contributed by atoms with Gasteiger partial charge in [-0.1, -0.05) is 24.6 Å². The Morgan fingerprint density at radius 3 is 2.38 bits per heavy atom. The average molecular weight is 291 g/mol. The molecular formula is C17H25NO3. The first-order valence-electron chi connectivity index (χ1n) is 7.67. The van der Waals surface area contributed by atoms with Crippen LogP contribution in [-0.4, -0.2) is 42.2 Å². The minimum Gasteiger partial charge on any atom is -0.481 e. The molecule has 0 radical (unpaired) electrons. The summed E-state index contributed by atoms with van der Waals surface area (Å²) in [5, 5.41) is 0. The average Bonchev–Trinajstić information content (AvgIpc) is 2.45. The summed E-state index contributed by atoms with van der Waals surface area (Å²) in [6.45, 7) is 9.27. The second kappa shape index (κ2) is 6.94. The summed E-state index contributed by atoms with van der Waals surface area (Å²) in [5.41, 5.74) is 1.18. The van der Waals surface area contributed by atoms with Crippen molar-refractivity contribution in [1.82, 2.24) is 4.90 Å². The van der Waals surface area contributed by atoms with E-state index in [9.17, 15) is 4.79 Å². The van der Waals surface area contributed by atoms with Gasteiger partial charge in [-0.2, -0.15) is 0 Å². The number of aryl methyl sites for hydroxylation is 1. The van der Waals surface area contributed by atoms with Crippen molar-refractivity contribution in [3.63, 3.8) is 0 Å². The molecule has 2 rings (SSSR count). The van der Waals surface area contributed by atoms with Crippen LogP contribution in [0.5, 0.6) is 5.75 Å². The van der Waals surface area contributed by atoms with Gasteiger partial charge in [0.05, 0.1) is 12.2 Å². The lowest BCUT2D eigenvalue weighted by molar-refractivity contribution is -0.150. The number of carbonyl (C=O) groups excluding carboxylic acids is 1. The minimum absolute atomic E-state index is 0.0556. The lowest BCUT2D eigenvalue weighted by Crippen LogP contribution is -2.52. The van der Waals surface area contributed by atoms with Gasteiger partial charge in [0.1, 0.15) is 5.75 Å². The van der Waals surface area contributed by atoms with Gasteiger partial charge in [-0.3, -0.25) is 4.79 Å². The second-order valence-corrected chi connectivity index (χ2v) is 5.83. The molecule has 4 heteroatoms. The van der Waals surface area contributed by atoms with Crippen LogP contribution in [0.1, 0.15) is 32.8 Å². The first-order chi connectivity index (χ1) is 9.99. The van der Waals surface area contributed by atoms with Crippen LogP contribution < -0.4 is 4.74 Å². The maximum atomic E-state index is 12.6. The van der Waals surface area contributed by atoms with Gasteiger partial charge >= 0.3 is 0 Å². The van der Waals surface area contributed by atoms with Gasteiger partial charge in [-0.15, -0.1) is 0 Å². The molecule has 0 spiro atoms. The van der Waals surface area contributed by atoms with Gasteiger partial charge in [0.25, 0.3) is 5.91 Å². The fourth-order valence-electron chi connectivity index (χ4n) is 2.65. The lowest BCUT2D eigenvalue weighted by Gasteiger charge is -2.36. The Morgan fingerprint density at radius 2 is 1.86 bits per heavy atom. The van der Waals surface area contributed by atoms with E-state index in [0.29, 0.717) is 19.5 Å². The largest absolute Gasteiger partial charge is 0.481 e. The van der Waals surface area contributed by atoms with Crippen molar-refractivity contribution in [3.8, 4) is 5.75 Å². The Hall–Kier alpha value is -1.55. The third-order valence-corrected chi connectivity index (χ3v) is 3.68. The Kier molecular flexibility index (Phi) is 5.23. The zero-order valence-corrected chi connectivity index (χ0v) is 13.3. The zero-order valence-electron chi connectivity index (χ0n) is 13.3. The molecule has 0 N–H and O–H groups in total. The van der Waals surface area contributed by atoms with Gasteiger partial charge in [0, 0.05) is 13.1 Å². The third-order valence-electron chi connectivity index (χ3n) is 3.68. The fourth-order valence-corrected chi connectivity index (χ4v) is 2.65. The quantitative estimate of drug-likeness (QED) is 0.856. The van der Waals surface area contributed by atoms with Crippen LogP contribution in [0.25, 0.3) is 0 Å². The smallest absolute Gasteiger partial charge is 0.263 e. The number of nitrogens with zero attached hydrogens (tertiary/aromatic N) is 1. The topological polar surface area (TPSA) is 38.8 Å². The van der Waals surface area contributed by atoms with E-state index in [-0.39, 0.29) is 18.1 Å². The highest BCUT2D eigenvalue weighted by atomic mass is 16.5. The maximum Gasteiger partial charge on any atom is 0.263 e. The van der Waals surface area contributed by atoms with E-state index in [1.165, 1.54) is 5.56 Å². The van der Waals surface area contributed by atoms with Crippen LogP contribution in [0.3, 0.4) is 0 Å². The van der Waals surface area contributed by atoms with Crippen LogP contribution in [0.4, 0.5) is 0 Å². The standard InChI is InChI=1S/C17H25NO3/c1-5-16(21-15-8-6-12(2)7-9-15)17(19)18-10-13(3)20-14(4)11-18/h6-9,13-14,16H,5,10-11H2,1-4H3/t13-,14-,16+/m1/s1. The number of benzene rings is 1. The molecule has 0 unspecified atom stereocenters. The summed E-state index contributed by atoms with van der Waals surface area (Å²) in [4.78, 5) is 14.5. The maximum absolute atomic E-state index is 12.6. The van der Waals surface area contributed by atoms with Crippen LogP contribution >= 0.6 is 0 Å². The summed E-state index contributed by atoms with van der Waals surface area (Å²) in [6.07, 6.45) is 0.390. The van der Waals surface area contributed by atoms with Crippen LogP contribution in [-0.2, 0) is 9.53 Å². The molecule has 1 amide bonds. The van der Waals surface area contributed by atoms with Crippen molar-refractivity contribution in [3.05, 3.63) is 29.8 Å². The Labute approximate surface area is 127 Å². The van der Waals surface area contributed by atoms with E-state index in [2.05, 4.69) is 0 Å². The van der Waals surface area contributed by atoms with Crippen molar-refractivity contribution in [2.45, 2.75) is 52.4 Å². The van der Waals surface area contributed by atoms with E-state index in [1.54, 1.807) is 0 Å². The molecule has 1 heterocycles. The number of morpholine rings is 1. The number of hydrogen-bond donors (Lipinski definition) is 0. The Bertz CT molecular complexity index is 461. The fraction of sp³-hybridized carbons (Fsp3) is 0.588. The predicted molar refractivity (Wildman–Crippen MR) is 82.5 cm³/mol. The molecule has 1 aromatic rings. The van der Waals surface area contributed by atoms with E-state index in [0.717, 1.165) is 5.75 Å². The van der Waals surface area contributed by atoms with Crippen molar-refractivity contribution in [1.29, 1.82) is 0 Å². The zero-order chi connectivity index (χ0) is 15.4. The molecule has 3 atom stereocenters. The number of rotatable bonds is 4. The van der Waals surface area contributed by atoms with Crippen LogP contribution in [0, 0.1) is 6.92 Å². The van der Waals surface area contributed by atoms with Gasteiger partial charge in [-0.25, -0.2) is 0 Å². The Balaban J connectivity index is 2.02. The summed E-state index contributed by atoms with van der Waals surface area (Å²) in [5.74, 6) is 0.801. The summed E-state index contributed by atoms with van der Waals surface area (Å²) in [7, 11) is 0. The van der Waals surface area contributed by atoms with E-state index in [1.807, 2.05) is 56.9 Å². The second-order valence-electron chi connectivity index (χ2n) is 5.83. The molecule has 1 fully saturated rings. The van der Waals surface area contributed by atoms with Crippen LogP contribution in [0.2, 0.25) is 0 Å². The van der Waals surface area contributed by atoms with Crippen molar-refractivity contribution >= 4 is 5.91 Å². The normalized spacial score (nSPS) is 23.7. The van der Waals surface area contributed by atoms with Crippen molar-refractivity contribution in [2.24, 2.45) is 0 Å². The van der Waals surface area contributed by atoms with Gasteiger partial charge < -0.3 is 14.4 Å². The summed E-state index contributed by atoms with van der Waals surface area (Å²) in [6, 6.07) is 7.81. The van der Waals surface area contributed by atoms with E-state index in [4.69, 9.17) is 9.47 Å². The molecule has 1 saturated heterocycles. The van der Waals surface area contributed by atoms with E-state index >= 15 is 0 Å². The number of amides is 1. The number of hydrogen-bond acceptors (Lipinski definition) is 3. The molecule has 1 aliphatic heterocycles. The summed E-state index contributed by atoms with van der Waals surface area (Å²) >= 11 is 0. The van der Waals surface area contributed by atoms with Gasteiger partial charge in [0.15, 0.2) is 6.10 Å². The number of carbonyl (C=O) groups is 1. The Morgan fingerprint density at radius 1 is 1.29 bits per heavy atom. The van der Waals surface area contributed by atoms with Gasteiger partial charge in [0.2, 0.25) is 0 Å². The number of ether oxygens (including phenoxy) is 2. The van der Waals surface area contributed by atoms with Crippen LogP contribution in [0.15, 0.2) is 24.3 Å². The molecule has 0 aliphatic carbocycles. The highest BCUT2D eigenvalue weighted by Gasteiger charge is 2.30. The molecule has 0 saturated carbocycles. The molecule has 0 aromatic heterocycles. The predicted octanol–water partition coefficient (Wildman–Crippen LogP) is 2.79. The van der Waals surface area contributed by atoms with Crippen molar-refractivity contribution < 1.29 is 14.3 Å². The SMILES string of the molecule is CC[C@H](Oc1ccc(C)cc1)C(=O)N1C[C@@H](C)O[C@H](C)C1. The molecule has 1 aromatic carbocycles. The summed E-state index contributed by atoms with van der Waals surface area (Å²) < 4.78 is 11.5. The molecule has 0 bridgehead atoms. The van der Waals surface area contributed by atoms with E-state index < -0.39 is 6.10 Å². The highest BCUT2D eigenvalue weighted by Crippen LogP contribution is 2.18. The molecule has 116 valence electrons. The van der Waals surface area contributed by atoms with Crippen molar-refractivity contribution in [2.75, 3.05) is 13.1 Å². The lowest BCUT2D eigenvalue weighted by atomic mass is 10.1. The monoisotopic (exact) mass is 291 g/mol. The molecule has 4 nitrogen and oxygen atoms in total.